The molecule has 3 nitrogen and oxygen atoms in total. The molecular weight excluding hydrogens is 126 g/mol. The second-order valence-corrected chi connectivity index (χ2v) is 3.04. The van der Waals surface area contributed by atoms with E-state index in [2.05, 4.69) is 0 Å². The van der Waals surface area contributed by atoms with Crippen molar-refractivity contribution >= 4 is 0 Å². The van der Waals surface area contributed by atoms with E-state index < -0.39 is 0 Å². The maximum absolute atomic E-state index is 2.00. The SMILES string of the molecule is CN(C)C.CN(C)N(C)C. The minimum absolute atomic E-state index is 2.00. The van der Waals surface area contributed by atoms with Gasteiger partial charge in [-0.05, 0) is 21.1 Å². The zero-order chi connectivity index (χ0) is 8.73. The summed E-state index contributed by atoms with van der Waals surface area (Å²) < 4.78 is 0. The molecule has 3 heteroatoms. The van der Waals surface area contributed by atoms with Crippen LogP contribution in [0.3, 0.4) is 0 Å². The summed E-state index contributed by atoms with van der Waals surface area (Å²) in [5.74, 6) is 0. The molecule has 0 saturated carbocycles. The maximum Gasteiger partial charge on any atom is 0.00151 e. The van der Waals surface area contributed by atoms with Gasteiger partial charge in [0.05, 0.1) is 0 Å². The standard InChI is InChI=1S/C4H12N2.C3H9N/c1-5(2)6(3)4;1-4(2)3/h1-4H3;1-3H3. The van der Waals surface area contributed by atoms with Crippen LogP contribution >= 0.6 is 0 Å². The van der Waals surface area contributed by atoms with Crippen molar-refractivity contribution in [1.29, 1.82) is 0 Å². The molecule has 0 bridgehead atoms. The Kier molecular flexibility index (Phi) is 8.77. The Morgan fingerprint density at radius 2 is 0.600 bits per heavy atom. The van der Waals surface area contributed by atoms with Crippen LogP contribution in [0.1, 0.15) is 0 Å². The fourth-order valence-corrected chi connectivity index (χ4v) is 0. The van der Waals surface area contributed by atoms with Gasteiger partial charge in [-0.2, -0.15) is 0 Å². The summed E-state index contributed by atoms with van der Waals surface area (Å²) in [5.41, 5.74) is 0. The minimum atomic E-state index is 2.00. The van der Waals surface area contributed by atoms with E-state index in [1.165, 1.54) is 0 Å². The van der Waals surface area contributed by atoms with Crippen molar-refractivity contribution in [3.8, 4) is 0 Å². The molecular formula is C7H21N3. The summed E-state index contributed by atoms with van der Waals surface area (Å²) in [4.78, 5) is 2.00. The molecule has 0 saturated heterocycles. The fraction of sp³-hybridized carbons (Fsp3) is 1.00. The van der Waals surface area contributed by atoms with Gasteiger partial charge >= 0.3 is 0 Å². The minimum Gasteiger partial charge on any atom is -0.312 e. The average molecular weight is 147 g/mol. The summed E-state index contributed by atoms with van der Waals surface area (Å²) in [6, 6.07) is 0. The first-order valence-corrected chi connectivity index (χ1v) is 3.33. The Balaban J connectivity index is 0. The van der Waals surface area contributed by atoms with Crippen molar-refractivity contribution < 1.29 is 0 Å². The summed E-state index contributed by atoms with van der Waals surface area (Å²) in [7, 11) is 14.0. The van der Waals surface area contributed by atoms with Gasteiger partial charge in [0.25, 0.3) is 0 Å². The maximum atomic E-state index is 2.00. The highest BCUT2D eigenvalue weighted by atomic mass is 15.6. The molecule has 0 aliphatic rings. The quantitative estimate of drug-likeness (QED) is 0.491. The molecule has 0 radical (unpaired) electrons. The van der Waals surface area contributed by atoms with E-state index in [0.717, 1.165) is 0 Å². The Labute approximate surface area is 65.2 Å². The number of rotatable bonds is 1. The van der Waals surface area contributed by atoms with E-state index in [1.807, 2.05) is 64.3 Å². The molecule has 0 atom stereocenters. The lowest BCUT2D eigenvalue weighted by Gasteiger charge is -2.17. The Hall–Kier alpha value is -0.120. The molecule has 0 amide bonds. The molecule has 0 heterocycles. The zero-order valence-corrected chi connectivity index (χ0v) is 8.34. The first kappa shape index (κ1) is 12.5. The van der Waals surface area contributed by atoms with Gasteiger partial charge in [-0.15, -0.1) is 0 Å². The number of nitrogens with zero attached hydrogens (tertiary/aromatic N) is 3. The molecule has 0 unspecified atom stereocenters. The smallest absolute Gasteiger partial charge is 0.00151 e. The van der Waals surface area contributed by atoms with Gasteiger partial charge < -0.3 is 4.90 Å². The van der Waals surface area contributed by atoms with E-state index in [-0.39, 0.29) is 0 Å². The predicted octanol–water partition coefficient (Wildman–Crippen LogP) is 0.202. The monoisotopic (exact) mass is 147 g/mol. The van der Waals surface area contributed by atoms with E-state index in [1.54, 1.807) is 0 Å². The second-order valence-electron chi connectivity index (χ2n) is 3.04. The van der Waals surface area contributed by atoms with E-state index in [9.17, 15) is 0 Å². The first-order valence-electron chi connectivity index (χ1n) is 3.33. The van der Waals surface area contributed by atoms with Gasteiger partial charge in [-0.25, -0.2) is 10.0 Å². The van der Waals surface area contributed by atoms with E-state index in [4.69, 9.17) is 0 Å². The Morgan fingerprint density at radius 3 is 0.600 bits per heavy atom. The lowest BCUT2D eigenvalue weighted by Crippen LogP contribution is -2.28. The van der Waals surface area contributed by atoms with Crippen LogP contribution in [-0.4, -0.2) is 64.3 Å². The van der Waals surface area contributed by atoms with Crippen LogP contribution in [0, 0.1) is 0 Å². The summed E-state index contributed by atoms with van der Waals surface area (Å²) in [6.45, 7) is 0. The normalized spacial score (nSPS) is 10.2. The van der Waals surface area contributed by atoms with Gasteiger partial charge in [0, 0.05) is 28.2 Å². The zero-order valence-electron chi connectivity index (χ0n) is 8.34. The highest BCUT2D eigenvalue weighted by molar-refractivity contribution is 4.21. The summed E-state index contributed by atoms with van der Waals surface area (Å²) >= 11 is 0. The molecule has 0 N–H and O–H groups in total. The molecule has 0 aromatic carbocycles. The summed E-state index contributed by atoms with van der Waals surface area (Å²) in [5, 5.41) is 4.00. The van der Waals surface area contributed by atoms with Crippen molar-refractivity contribution in [1.82, 2.24) is 14.9 Å². The van der Waals surface area contributed by atoms with Crippen LogP contribution in [0.2, 0.25) is 0 Å². The molecule has 10 heavy (non-hydrogen) atoms. The highest BCUT2D eigenvalue weighted by Gasteiger charge is 1.84. The van der Waals surface area contributed by atoms with Crippen LogP contribution in [0.4, 0.5) is 0 Å². The van der Waals surface area contributed by atoms with Gasteiger partial charge in [-0.1, -0.05) is 0 Å². The van der Waals surface area contributed by atoms with Crippen LogP contribution < -0.4 is 0 Å². The molecule has 0 aliphatic heterocycles. The van der Waals surface area contributed by atoms with E-state index >= 15 is 0 Å². The van der Waals surface area contributed by atoms with Crippen molar-refractivity contribution in [3.05, 3.63) is 0 Å². The molecule has 0 aliphatic carbocycles. The third kappa shape index (κ3) is 24.8. The predicted molar refractivity (Wildman–Crippen MR) is 47.0 cm³/mol. The summed E-state index contributed by atoms with van der Waals surface area (Å²) in [6.07, 6.45) is 0. The van der Waals surface area contributed by atoms with Gasteiger partial charge in [-0.3, -0.25) is 0 Å². The van der Waals surface area contributed by atoms with Crippen LogP contribution in [0.15, 0.2) is 0 Å². The fourth-order valence-electron chi connectivity index (χ4n) is 0. The van der Waals surface area contributed by atoms with Crippen LogP contribution in [0.25, 0.3) is 0 Å². The van der Waals surface area contributed by atoms with Gasteiger partial charge in [0.15, 0.2) is 0 Å². The number of hydrogen-bond acceptors (Lipinski definition) is 3. The highest BCUT2D eigenvalue weighted by Crippen LogP contribution is 1.72. The molecule has 0 aromatic rings. The van der Waals surface area contributed by atoms with Gasteiger partial charge in [0.2, 0.25) is 0 Å². The van der Waals surface area contributed by atoms with Crippen LogP contribution in [0.5, 0.6) is 0 Å². The largest absolute Gasteiger partial charge is 0.312 e. The van der Waals surface area contributed by atoms with Crippen molar-refractivity contribution in [2.24, 2.45) is 0 Å². The Morgan fingerprint density at radius 1 is 0.500 bits per heavy atom. The van der Waals surface area contributed by atoms with Crippen molar-refractivity contribution in [2.75, 3.05) is 49.3 Å². The van der Waals surface area contributed by atoms with Crippen molar-refractivity contribution in [3.63, 3.8) is 0 Å². The third-order valence-electron chi connectivity index (χ3n) is 0.800. The number of hydrazine groups is 1. The van der Waals surface area contributed by atoms with E-state index in [0.29, 0.717) is 0 Å². The molecule has 0 aromatic heterocycles. The lowest BCUT2D eigenvalue weighted by molar-refractivity contribution is 0.0894. The molecule has 64 valence electrons. The average Bonchev–Trinajstić information content (AvgIpc) is 1.63. The molecule has 0 spiro atoms. The first-order chi connectivity index (χ1) is 4.37. The topological polar surface area (TPSA) is 9.72 Å². The second kappa shape index (κ2) is 6.99. The Bertz CT molecular complexity index is 51.1. The third-order valence-corrected chi connectivity index (χ3v) is 0.800. The number of hydrogen-bond donors (Lipinski definition) is 0. The van der Waals surface area contributed by atoms with Crippen LogP contribution in [-0.2, 0) is 0 Å². The van der Waals surface area contributed by atoms with Crippen molar-refractivity contribution in [2.45, 2.75) is 0 Å². The van der Waals surface area contributed by atoms with Gasteiger partial charge in [0.1, 0.15) is 0 Å². The molecule has 0 fully saturated rings. The lowest BCUT2D eigenvalue weighted by atomic mass is 11.0. The molecule has 0 rings (SSSR count).